The molecule has 0 spiro atoms. The van der Waals surface area contributed by atoms with Crippen LogP contribution < -0.4 is 5.69 Å². The second-order valence-corrected chi connectivity index (χ2v) is 10.5. The average molecular weight is 475 g/mol. The van der Waals surface area contributed by atoms with Gasteiger partial charge in [-0.25, -0.2) is 17.9 Å². The van der Waals surface area contributed by atoms with Crippen LogP contribution in [-0.4, -0.2) is 40.2 Å². The fourth-order valence-electron chi connectivity index (χ4n) is 4.26. The van der Waals surface area contributed by atoms with Crippen molar-refractivity contribution in [3.63, 3.8) is 0 Å². The monoisotopic (exact) mass is 474 g/mol. The minimum Gasteiger partial charge on any atom is -0.279 e. The molecular formula is C23H27ClN4O3S. The predicted octanol–water partition coefficient (Wildman–Crippen LogP) is 3.64. The summed E-state index contributed by atoms with van der Waals surface area (Å²) in [5.74, 6) is 0.774. The summed E-state index contributed by atoms with van der Waals surface area (Å²) in [6, 6.07) is 14.7. The molecule has 1 aromatic heterocycles. The molecule has 2 aromatic carbocycles. The maximum atomic E-state index is 13.2. The molecule has 1 fully saturated rings. The molecule has 4 rings (SSSR count). The third kappa shape index (κ3) is 4.40. The topological polar surface area (TPSA) is 77.2 Å². The van der Waals surface area contributed by atoms with Gasteiger partial charge >= 0.3 is 5.69 Å². The summed E-state index contributed by atoms with van der Waals surface area (Å²) in [7, 11) is -3.63. The minimum atomic E-state index is -3.63. The Morgan fingerprint density at radius 3 is 2.44 bits per heavy atom. The Hall–Kier alpha value is -2.42. The lowest BCUT2D eigenvalue weighted by atomic mass is 9.97. The van der Waals surface area contributed by atoms with E-state index in [9.17, 15) is 13.2 Å². The summed E-state index contributed by atoms with van der Waals surface area (Å²) in [5, 5.41) is 5.06. The first-order chi connectivity index (χ1) is 15.3. The van der Waals surface area contributed by atoms with E-state index in [1.54, 1.807) is 23.6 Å². The fraction of sp³-hybridized carbons (Fsp3) is 0.391. The summed E-state index contributed by atoms with van der Waals surface area (Å²) in [5.41, 5.74) is 1.56. The van der Waals surface area contributed by atoms with Gasteiger partial charge in [-0.05, 0) is 49.9 Å². The van der Waals surface area contributed by atoms with Crippen LogP contribution in [0.3, 0.4) is 0 Å². The lowest BCUT2D eigenvalue weighted by molar-refractivity contribution is 0.308. The Morgan fingerprint density at radius 2 is 1.78 bits per heavy atom. The number of aromatic nitrogens is 3. The van der Waals surface area contributed by atoms with E-state index in [0.29, 0.717) is 49.6 Å². The maximum absolute atomic E-state index is 13.2. The van der Waals surface area contributed by atoms with Gasteiger partial charge in [-0.2, -0.15) is 9.40 Å². The molecule has 7 nitrogen and oxygen atoms in total. The van der Waals surface area contributed by atoms with Crippen LogP contribution in [0.15, 0.2) is 58.2 Å². The quantitative estimate of drug-likeness (QED) is 0.546. The van der Waals surface area contributed by atoms with E-state index < -0.39 is 10.0 Å². The van der Waals surface area contributed by atoms with E-state index in [4.69, 9.17) is 11.6 Å². The number of sulfonamides is 1. The second-order valence-electron chi connectivity index (χ2n) is 8.12. The van der Waals surface area contributed by atoms with Crippen LogP contribution in [0.1, 0.15) is 42.6 Å². The van der Waals surface area contributed by atoms with Gasteiger partial charge in [0.25, 0.3) is 0 Å². The Morgan fingerprint density at radius 1 is 1.09 bits per heavy atom. The van der Waals surface area contributed by atoms with Gasteiger partial charge in [-0.3, -0.25) is 4.57 Å². The van der Waals surface area contributed by atoms with Crippen molar-refractivity contribution in [2.75, 3.05) is 13.1 Å². The SMILES string of the molecule is CCn1c(C2CCN(S(=O)(=O)c3cc(Cl)ccc3C)CC2)nn(Cc2ccccc2)c1=O. The van der Waals surface area contributed by atoms with Crippen molar-refractivity contribution < 1.29 is 8.42 Å². The number of halogens is 1. The molecule has 1 aliphatic rings. The van der Waals surface area contributed by atoms with Crippen molar-refractivity contribution in [1.29, 1.82) is 0 Å². The van der Waals surface area contributed by atoms with Gasteiger partial charge in [-0.1, -0.05) is 48.0 Å². The van der Waals surface area contributed by atoms with Crippen LogP contribution in [0, 0.1) is 6.92 Å². The smallest absolute Gasteiger partial charge is 0.279 e. The molecule has 0 atom stereocenters. The molecule has 3 aromatic rings. The molecule has 170 valence electrons. The molecule has 0 N–H and O–H groups in total. The number of piperidine rings is 1. The highest BCUT2D eigenvalue weighted by atomic mass is 35.5. The first-order valence-electron chi connectivity index (χ1n) is 10.8. The van der Waals surface area contributed by atoms with E-state index in [2.05, 4.69) is 5.10 Å². The van der Waals surface area contributed by atoms with Gasteiger partial charge in [0.1, 0.15) is 5.82 Å². The summed E-state index contributed by atoms with van der Waals surface area (Å²) in [6.07, 6.45) is 1.22. The van der Waals surface area contributed by atoms with Crippen LogP contribution in [-0.2, 0) is 23.1 Å². The standard InChI is InChI=1S/C23H27ClN4O3S/c1-3-27-22(25-28(23(27)29)16-18-7-5-4-6-8-18)19-11-13-26(14-12-19)32(30,31)21-15-20(24)10-9-17(21)2/h4-10,15,19H,3,11-14,16H2,1-2H3. The minimum absolute atomic E-state index is 0.0339. The molecule has 32 heavy (non-hydrogen) atoms. The van der Waals surface area contributed by atoms with Crippen molar-refractivity contribution in [3.8, 4) is 0 Å². The lowest BCUT2D eigenvalue weighted by Gasteiger charge is -2.31. The zero-order valence-corrected chi connectivity index (χ0v) is 19.8. The Kier molecular flexibility index (Phi) is 6.55. The summed E-state index contributed by atoms with van der Waals surface area (Å²) >= 11 is 6.05. The lowest BCUT2D eigenvalue weighted by Crippen LogP contribution is -2.38. The number of hydrogen-bond donors (Lipinski definition) is 0. The van der Waals surface area contributed by atoms with Crippen molar-refractivity contribution >= 4 is 21.6 Å². The van der Waals surface area contributed by atoms with Crippen molar-refractivity contribution in [2.45, 2.75) is 50.6 Å². The van der Waals surface area contributed by atoms with E-state index >= 15 is 0 Å². The van der Waals surface area contributed by atoms with Gasteiger partial charge in [0, 0.05) is 30.6 Å². The molecule has 1 aliphatic heterocycles. The predicted molar refractivity (Wildman–Crippen MR) is 125 cm³/mol. The summed E-state index contributed by atoms with van der Waals surface area (Å²) in [4.78, 5) is 13.1. The van der Waals surface area contributed by atoms with Crippen LogP contribution in [0.5, 0.6) is 0 Å². The highest BCUT2D eigenvalue weighted by molar-refractivity contribution is 7.89. The molecule has 0 bridgehead atoms. The zero-order chi connectivity index (χ0) is 22.9. The molecule has 1 saturated heterocycles. The Bertz CT molecular complexity index is 1260. The number of aryl methyl sites for hydroxylation is 1. The molecule has 2 heterocycles. The van der Waals surface area contributed by atoms with Crippen molar-refractivity contribution in [3.05, 3.63) is 81.0 Å². The molecule has 0 aliphatic carbocycles. The van der Waals surface area contributed by atoms with Gasteiger partial charge < -0.3 is 0 Å². The first kappa shape index (κ1) is 22.8. The third-order valence-corrected chi connectivity index (χ3v) is 8.31. The van der Waals surface area contributed by atoms with Gasteiger partial charge in [0.15, 0.2) is 0 Å². The molecule has 9 heteroatoms. The highest BCUT2D eigenvalue weighted by Gasteiger charge is 2.33. The molecular weight excluding hydrogens is 448 g/mol. The van der Waals surface area contributed by atoms with Gasteiger partial charge in [0.05, 0.1) is 11.4 Å². The molecule has 0 saturated carbocycles. The summed E-state index contributed by atoms with van der Waals surface area (Å²) in [6.45, 7) is 5.41. The maximum Gasteiger partial charge on any atom is 0.346 e. The first-order valence-corrected chi connectivity index (χ1v) is 12.6. The van der Waals surface area contributed by atoms with Crippen molar-refractivity contribution in [1.82, 2.24) is 18.7 Å². The largest absolute Gasteiger partial charge is 0.346 e. The van der Waals surface area contributed by atoms with Crippen molar-refractivity contribution in [2.24, 2.45) is 0 Å². The van der Waals surface area contributed by atoms with Gasteiger partial charge in [0.2, 0.25) is 10.0 Å². The highest BCUT2D eigenvalue weighted by Crippen LogP contribution is 2.31. The van der Waals surface area contributed by atoms with E-state index in [-0.39, 0.29) is 16.5 Å². The second kappa shape index (κ2) is 9.21. The Labute approximate surface area is 193 Å². The van der Waals surface area contributed by atoms with Crippen LogP contribution in [0.2, 0.25) is 5.02 Å². The average Bonchev–Trinajstić information content (AvgIpc) is 3.11. The van der Waals surface area contributed by atoms with Crippen LogP contribution >= 0.6 is 11.6 Å². The third-order valence-electron chi connectivity index (χ3n) is 6.03. The number of hydrogen-bond acceptors (Lipinski definition) is 4. The van der Waals surface area contributed by atoms with Gasteiger partial charge in [-0.15, -0.1) is 0 Å². The number of rotatable bonds is 6. The Balaban J connectivity index is 1.54. The number of nitrogens with zero attached hydrogens (tertiary/aromatic N) is 4. The van der Waals surface area contributed by atoms with Crippen LogP contribution in [0.25, 0.3) is 0 Å². The van der Waals surface area contributed by atoms with E-state index in [1.807, 2.05) is 37.3 Å². The molecule has 0 radical (unpaired) electrons. The number of benzene rings is 2. The summed E-state index contributed by atoms with van der Waals surface area (Å²) < 4.78 is 31.1. The fourth-order valence-corrected chi connectivity index (χ4v) is 6.22. The molecule has 0 unspecified atom stereocenters. The van der Waals surface area contributed by atoms with E-state index in [0.717, 1.165) is 11.4 Å². The van der Waals surface area contributed by atoms with Crippen LogP contribution in [0.4, 0.5) is 0 Å². The normalized spacial score (nSPS) is 15.8. The molecule has 0 amide bonds. The zero-order valence-electron chi connectivity index (χ0n) is 18.2. The van der Waals surface area contributed by atoms with E-state index in [1.165, 1.54) is 15.1 Å².